The zero-order chi connectivity index (χ0) is 22.0. The van der Waals surface area contributed by atoms with Crippen LogP contribution in [0.4, 0.5) is 0 Å². The number of halogens is 1. The van der Waals surface area contributed by atoms with Crippen LogP contribution in [0.5, 0.6) is 5.75 Å². The maximum Gasteiger partial charge on any atom is 0.238 e. The molecule has 1 aliphatic rings. The molecule has 2 heterocycles. The highest BCUT2D eigenvalue weighted by Gasteiger charge is 2.39. The molecule has 0 radical (unpaired) electrons. The van der Waals surface area contributed by atoms with E-state index in [4.69, 9.17) is 16.3 Å². The zero-order valence-corrected chi connectivity index (χ0v) is 19.2. The Morgan fingerprint density at radius 1 is 1.19 bits per heavy atom. The van der Waals surface area contributed by atoms with E-state index in [1.165, 1.54) is 11.8 Å². The van der Waals surface area contributed by atoms with Gasteiger partial charge >= 0.3 is 0 Å². The molecule has 7 nitrogen and oxygen atoms in total. The van der Waals surface area contributed by atoms with Crippen LogP contribution in [0.2, 0.25) is 5.02 Å². The number of hydrogen-bond donors (Lipinski definition) is 1. The van der Waals surface area contributed by atoms with Gasteiger partial charge in [0.1, 0.15) is 11.0 Å². The van der Waals surface area contributed by atoms with Crippen molar-refractivity contribution in [1.82, 2.24) is 19.8 Å². The molecule has 0 aliphatic carbocycles. The first-order valence-corrected chi connectivity index (χ1v) is 11.4. The standard InChI is InChI=1S/C22H24ClN5O2S/c1-4-27(5-2)21(29)19-18(15-11-12-17(30-3)16(23)13-15)26-28-20(24-25-22(28)31-19)14-9-7-6-8-10-14/h6-13,18-19,26H,4-5H2,1-3H3/t18-,19+/m1/s1. The first kappa shape index (κ1) is 21.5. The Bertz CT molecular complexity index is 1070. The Balaban J connectivity index is 1.77. The van der Waals surface area contributed by atoms with Crippen molar-refractivity contribution >= 4 is 29.3 Å². The van der Waals surface area contributed by atoms with Crippen molar-refractivity contribution in [2.24, 2.45) is 0 Å². The van der Waals surface area contributed by atoms with Crippen LogP contribution in [-0.4, -0.2) is 51.1 Å². The van der Waals surface area contributed by atoms with E-state index in [1.807, 2.05) is 72.0 Å². The molecule has 2 atom stereocenters. The smallest absolute Gasteiger partial charge is 0.238 e. The molecule has 4 rings (SSSR count). The summed E-state index contributed by atoms with van der Waals surface area (Å²) in [6.07, 6.45) is 0. The van der Waals surface area contributed by atoms with Crippen LogP contribution in [0.1, 0.15) is 25.5 Å². The fourth-order valence-corrected chi connectivity index (χ4v) is 5.09. The number of benzene rings is 2. The molecule has 1 aromatic heterocycles. The lowest BCUT2D eigenvalue weighted by Gasteiger charge is -2.35. The fourth-order valence-electron chi connectivity index (χ4n) is 3.66. The van der Waals surface area contributed by atoms with Crippen molar-refractivity contribution in [2.75, 3.05) is 25.6 Å². The van der Waals surface area contributed by atoms with Gasteiger partial charge in [-0.3, -0.25) is 4.79 Å². The molecule has 0 fully saturated rings. The summed E-state index contributed by atoms with van der Waals surface area (Å²) in [7, 11) is 1.58. The Labute approximate surface area is 190 Å². The minimum Gasteiger partial charge on any atom is -0.495 e. The second-order valence-corrected chi connectivity index (χ2v) is 8.57. The number of fused-ring (bicyclic) bond motifs is 1. The highest BCUT2D eigenvalue weighted by atomic mass is 35.5. The number of methoxy groups -OCH3 is 1. The SMILES string of the molecule is CCN(CC)C(=O)[C@H]1Sc2nnc(-c3ccccc3)n2N[C@@H]1c1ccc(OC)c(Cl)c1. The van der Waals surface area contributed by atoms with Gasteiger partial charge in [0.15, 0.2) is 5.82 Å². The normalized spacial score (nSPS) is 17.5. The van der Waals surface area contributed by atoms with Gasteiger partial charge in [-0.05, 0) is 31.5 Å². The molecule has 2 aromatic carbocycles. The summed E-state index contributed by atoms with van der Waals surface area (Å²) >= 11 is 7.83. The third kappa shape index (κ3) is 4.09. The van der Waals surface area contributed by atoms with Crippen molar-refractivity contribution in [1.29, 1.82) is 0 Å². The number of amides is 1. The summed E-state index contributed by atoms with van der Waals surface area (Å²) in [5.74, 6) is 1.34. The third-order valence-electron chi connectivity index (χ3n) is 5.32. The van der Waals surface area contributed by atoms with Gasteiger partial charge in [0, 0.05) is 18.7 Å². The summed E-state index contributed by atoms with van der Waals surface area (Å²) < 4.78 is 7.15. The van der Waals surface area contributed by atoms with Gasteiger partial charge in [-0.15, -0.1) is 10.2 Å². The van der Waals surface area contributed by atoms with E-state index in [2.05, 4.69) is 15.6 Å². The van der Waals surface area contributed by atoms with Crippen molar-refractivity contribution in [3.8, 4) is 17.1 Å². The lowest BCUT2D eigenvalue weighted by atomic mass is 10.0. The van der Waals surface area contributed by atoms with Crippen LogP contribution in [0, 0.1) is 0 Å². The summed E-state index contributed by atoms with van der Waals surface area (Å²) in [6, 6.07) is 15.1. The van der Waals surface area contributed by atoms with Gasteiger partial charge in [-0.2, -0.15) is 0 Å². The second kappa shape index (κ2) is 9.20. The molecule has 0 bridgehead atoms. The van der Waals surface area contributed by atoms with Gasteiger partial charge in [0.2, 0.25) is 11.1 Å². The highest BCUT2D eigenvalue weighted by Crippen LogP contribution is 2.40. The van der Waals surface area contributed by atoms with Crippen LogP contribution < -0.4 is 10.2 Å². The Kier molecular flexibility index (Phi) is 6.38. The molecule has 31 heavy (non-hydrogen) atoms. The van der Waals surface area contributed by atoms with Crippen LogP contribution in [0.3, 0.4) is 0 Å². The number of rotatable bonds is 6. The van der Waals surface area contributed by atoms with Crippen molar-refractivity contribution < 1.29 is 9.53 Å². The quantitative estimate of drug-likeness (QED) is 0.597. The number of hydrogen-bond acceptors (Lipinski definition) is 6. The molecule has 0 saturated heterocycles. The topological polar surface area (TPSA) is 72.3 Å². The first-order chi connectivity index (χ1) is 15.1. The fraction of sp³-hybridized carbons (Fsp3) is 0.318. The van der Waals surface area contributed by atoms with Gasteiger partial charge in [-0.25, -0.2) is 4.68 Å². The molecule has 9 heteroatoms. The van der Waals surface area contributed by atoms with Gasteiger partial charge in [0.25, 0.3) is 0 Å². The molecular weight excluding hydrogens is 434 g/mol. The molecule has 1 amide bonds. The van der Waals surface area contributed by atoms with E-state index < -0.39 is 5.25 Å². The van der Waals surface area contributed by atoms with Crippen molar-refractivity contribution in [3.05, 3.63) is 59.1 Å². The monoisotopic (exact) mass is 457 g/mol. The Morgan fingerprint density at radius 2 is 1.94 bits per heavy atom. The second-order valence-electron chi connectivity index (χ2n) is 7.06. The molecule has 0 unspecified atom stereocenters. The van der Waals surface area contributed by atoms with Crippen molar-refractivity contribution in [3.63, 3.8) is 0 Å². The van der Waals surface area contributed by atoms with E-state index >= 15 is 0 Å². The predicted octanol–water partition coefficient (Wildman–Crippen LogP) is 4.23. The predicted molar refractivity (Wildman–Crippen MR) is 123 cm³/mol. The maximum atomic E-state index is 13.4. The zero-order valence-electron chi connectivity index (χ0n) is 17.6. The number of nitrogens with zero attached hydrogens (tertiary/aromatic N) is 4. The molecule has 1 N–H and O–H groups in total. The van der Waals surface area contributed by atoms with Crippen LogP contribution >= 0.6 is 23.4 Å². The Hall–Kier alpha value is -2.71. The summed E-state index contributed by atoms with van der Waals surface area (Å²) in [5, 5.41) is 9.46. The minimum atomic E-state index is -0.412. The third-order valence-corrected chi connectivity index (χ3v) is 6.82. The van der Waals surface area contributed by atoms with E-state index in [-0.39, 0.29) is 11.9 Å². The average Bonchev–Trinajstić information content (AvgIpc) is 3.22. The Morgan fingerprint density at radius 3 is 2.58 bits per heavy atom. The molecule has 162 valence electrons. The number of thioether (sulfide) groups is 1. The lowest BCUT2D eigenvalue weighted by Crippen LogP contribution is -2.46. The number of ether oxygens (including phenoxy) is 1. The van der Waals surface area contributed by atoms with Gasteiger partial charge in [-0.1, -0.05) is 59.8 Å². The van der Waals surface area contributed by atoms with Gasteiger partial charge < -0.3 is 15.1 Å². The summed E-state index contributed by atoms with van der Waals surface area (Å²) in [4.78, 5) is 15.2. The first-order valence-electron chi connectivity index (χ1n) is 10.1. The lowest BCUT2D eigenvalue weighted by molar-refractivity contribution is -0.130. The average molecular weight is 458 g/mol. The van der Waals surface area contributed by atoms with E-state index in [0.29, 0.717) is 34.8 Å². The summed E-state index contributed by atoms with van der Waals surface area (Å²) in [5.41, 5.74) is 5.31. The maximum absolute atomic E-state index is 13.4. The number of aromatic nitrogens is 3. The van der Waals surface area contributed by atoms with Gasteiger partial charge in [0.05, 0.1) is 18.2 Å². The van der Waals surface area contributed by atoms with E-state index in [1.54, 1.807) is 7.11 Å². The van der Waals surface area contributed by atoms with Crippen LogP contribution in [0.25, 0.3) is 11.4 Å². The number of carbonyl (C=O) groups excluding carboxylic acids is 1. The number of carbonyl (C=O) groups is 1. The largest absolute Gasteiger partial charge is 0.495 e. The van der Waals surface area contributed by atoms with Crippen LogP contribution in [-0.2, 0) is 4.79 Å². The van der Waals surface area contributed by atoms with E-state index in [9.17, 15) is 4.79 Å². The molecule has 1 aliphatic heterocycles. The molecular formula is C22H24ClN5O2S. The number of nitrogens with one attached hydrogen (secondary N) is 1. The summed E-state index contributed by atoms with van der Waals surface area (Å²) in [6.45, 7) is 5.25. The molecule has 3 aromatic rings. The van der Waals surface area contributed by atoms with E-state index in [0.717, 1.165) is 11.1 Å². The highest BCUT2D eigenvalue weighted by molar-refractivity contribution is 8.00. The molecule has 0 saturated carbocycles. The van der Waals surface area contributed by atoms with Crippen molar-refractivity contribution in [2.45, 2.75) is 30.3 Å². The van der Waals surface area contributed by atoms with Crippen LogP contribution in [0.15, 0.2) is 53.7 Å². The minimum absolute atomic E-state index is 0.0509. The molecule has 0 spiro atoms.